The molecule has 3 aromatic rings. The second-order valence-electron chi connectivity index (χ2n) is 5.71. The van der Waals surface area contributed by atoms with Crippen LogP contribution in [0.4, 0.5) is 17.1 Å². The Hall–Kier alpha value is -2.59. The molecule has 0 aliphatic rings. The van der Waals surface area contributed by atoms with Crippen LogP contribution in [0.15, 0.2) is 58.1 Å². The maximum Gasteiger partial charge on any atom is 0.253 e. The monoisotopic (exact) mass is 340 g/mol. The molecule has 0 fully saturated rings. The lowest BCUT2D eigenvalue weighted by molar-refractivity contribution is 1.01. The van der Waals surface area contributed by atoms with Crippen LogP contribution in [0.5, 0.6) is 0 Å². The summed E-state index contributed by atoms with van der Waals surface area (Å²) in [7, 11) is 0. The first-order valence-electron chi connectivity index (χ1n) is 7.70. The van der Waals surface area contributed by atoms with E-state index in [1.54, 1.807) is 24.3 Å². The highest BCUT2D eigenvalue weighted by Crippen LogP contribution is 2.22. The Morgan fingerprint density at radius 2 is 1.67 bits per heavy atom. The highest BCUT2D eigenvalue weighted by atomic mass is 35.5. The Morgan fingerprint density at radius 3 is 2.38 bits per heavy atom. The van der Waals surface area contributed by atoms with Gasteiger partial charge in [-0.3, -0.25) is 9.59 Å². The lowest BCUT2D eigenvalue weighted by Crippen LogP contribution is -2.37. The van der Waals surface area contributed by atoms with Gasteiger partial charge in [0.05, 0.1) is 0 Å². The van der Waals surface area contributed by atoms with E-state index in [0.717, 1.165) is 6.42 Å². The number of halogens is 1. The number of hydrogen-bond acceptors (Lipinski definition) is 4. The summed E-state index contributed by atoms with van der Waals surface area (Å²) in [5.74, 6) is 0. The first-order chi connectivity index (χ1) is 11.5. The number of aryl methyl sites for hydroxylation is 1. The zero-order valence-electron chi connectivity index (χ0n) is 13.2. The number of anilines is 3. The maximum absolute atomic E-state index is 11.8. The standard InChI is InChI=1S/C19H17ClN2O2/c1-12-3-2-4-13(11-12)9-10-21-16-17(19(24)18(16)23)22-15-7-5-14(20)6-8-15/h2-8,11,21-22H,9-10H2,1H3. The molecule has 0 atom stereocenters. The fourth-order valence-corrected chi connectivity index (χ4v) is 2.68. The van der Waals surface area contributed by atoms with Crippen molar-refractivity contribution in [2.24, 2.45) is 0 Å². The van der Waals surface area contributed by atoms with Crippen LogP contribution >= 0.6 is 11.6 Å². The van der Waals surface area contributed by atoms with Crippen LogP contribution in [0.25, 0.3) is 0 Å². The minimum atomic E-state index is -0.497. The molecule has 0 unspecified atom stereocenters. The van der Waals surface area contributed by atoms with Crippen molar-refractivity contribution in [1.29, 1.82) is 0 Å². The van der Waals surface area contributed by atoms with Gasteiger partial charge in [-0.05, 0) is 43.2 Å². The molecule has 5 heteroatoms. The van der Waals surface area contributed by atoms with Gasteiger partial charge in [-0.15, -0.1) is 0 Å². The van der Waals surface area contributed by atoms with Crippen LogP contribution < -0.4 is 21.5 Å². The Labute approximate surface area is 144 Å². The predicted octanol–water partition coefficient (Wildman–Crippen LogP) is 3.64. The van der Waals surface area contributed by atoms with Crippen molar-refractivity contribution < 1.29 is 0 Å². The van der Waals surface area contributed by atoms with Crippen molar-refractivity contribution in [2.75, 3.05) is 17.2 Å². The molecule has 3 aromatic carbocycles. The van der Waals surface area contributed by atoms with Crippen LogP contribution in [-0.4, -0.2) is 6.54 Å². The van der Waals surface area contributed by atoms with E-state index in [1.807, 2.05) is 25.1 Å². The number of nitrogens with one attached hydrogen (secondary N) is 2. The average Bonchev–Trinajstić information content (AvgIpc) is 2.58. The van der Waals surface area contributed by atoms with Gasteiger partial charge in [-0.1, -0.05) is 41.4 Å². The third kappa shape index (κ3) is 3.49. The molecule has 24 heavy (non-hydrogen) atoms. The Kier molecular flexibility index (Phi) is 4.67. The van der Waals surface area contributed by atoms with Gasteiger partial charge in [-0.25, -0.2) is 0 Å². The van der Waals surface area contributed by atoms with Crippen LogP contribution in [0.2, 0.25) is 5.02 Å². The normalized spacial score (nSPS) is 10.8. The lowest BCUT2D eigenvalue weighted by atomic mass is 10.1. The molecule has 0 amide bonds. The third-order valence-corrected chi connectivity index (χ3v) is 4.07. The van der Waals surface area contributed by atoms with Crippen molar-refractivity contribution in [3.63, 3.8) is 0 Å². The summed E-state index contributed by atoms with van der Waals surface area (Å²) in [6.45, 7) is 2.63. The lowest BCUT2D eigenvalue weighted by Gasteiger charge is -2.15. The van der Waals surface area contributed by atoms with E-state index in [1.165, 1.54) is 11.1 Å². The van der Waals surface area contributed by atoms with Crippen molar-refractivity contribution in [3.8, 4) is 0 Å². The van der Waals surface area contributed by atoms with Gasteiger partial charge in [0.2, 0.25) is 0 Å². The van der Waals surface area contributed by atoms with Gasteiger partial charge in [0.25, 0.3) is 10.9 Å². The molecule has 0 aliphatic heterocycles. The summed E-state index contributed by atoms with van der Waals surface area (Å²) >= 11 is 5.84. The summed E-state index contributed by atoms with van der Waals surface area (Å²) in [5.41, 5.74) is 2.79. The van der Waals surface area contributed by atoms with E-state index < -0.39 is 10.9 Å². The highest BCUT2D eigenvalue weighted by molar-refractivity contribution is 6.30. The van der Waals surface area contributed by atoms with Crippen LogP contribution in [0.3, 0.4) is 0 Å². The topological polar surface area (TPSA) is 58.2 Å². The van der Waals surface area contributed by atoms with Gasteiger partial charge < -0.3 is 10.6 Å². The summed E-state index contributed by atoms with van der Waals surface area (Å²) in [6.07, 6.45) is 0.779. The summed E-state index contributed by atoms with van der Waals surface area (Å²) < 4.78 is 0. The van der Waals surface area contributed by atoms with Crippen molar-refractivity contribution in [1.82, 2.24) is 0 Å². The zero-order chi connectivity index (χ0) is 17.1. The van der Waals surface area contributed by atoms with E-state index in [4.69, 9.17) is 11.6 Å². The second-order valence-corrected chi connectivity index (χ2v) is 6.14. The number of rotatable bonds is 6. The summed E-state index contributed by atoms with van der Waals surface area (Å²) in [5, 5.41) is 6.66. The fourth-order valence-electron chi connectivity index (χ4n) is 2.56. The first kappa shape index (κ1) is 16.3. The molecule has 122 valence electrons. The number of hydrogen-bond donors (Lipinski definition) is 2. The molecule has 0 spiro atoms. The van der Waals surface area contributed by atoms with E-state index in [-0.39, 0.29) is 0 Å². The number of benzene rings is 2. The Balaban J connectivity index is 1.66. The van der Waals surface area contributed by atoms with Crippen LogP contribution in [0.1, 0.15) is 11.1 Å². The predicted molar refractivity (Wildman–Crippen MR) is 99.5 cm³/mol. The molecule has 3 rings (SSSR count). The minimum Gasteiger partial charge on any atom is -0.380 e. The summed E-state index contributed by atoms with van der Waals surface area (Å²) in [4.78, 5) is 23.6. The molecule has 4 nitrogen and oxygen atoms in total. The van der Waals surface area contributed by atoms with Gasteiger partial charge in [0, 0.05) is 17.3 Å². The molecule has 0 saturated heterocycles. The Morgan fingerprint density at radius 1 is 0.958 bits per heavy atom. The van der Waals surface area contributed by atoms with Crippen molar-refractivity contribution in [3.05, 3.63) is 85.1 Å². The van der Waals surface area contributed by atoms with E-state index in [0.29, 0.717) is 28.6 Å². The maximum atomic E-state index is 11.8. The van der Waals surface area contributed by atoms with Crippen molar-refractivity contribution >= 4 is 28.7 Å². The van der Waals surface area contributed by atoms with Gasteiger partial charge in [0.1, 0.15) is 11.4 Å². The molecule has 0 aromatic heterocycles. The minimum absolute atomic E-state index is 0.312. The molecular weight excluding hydrogens is 324 g/mol. The molecule has 0 radical (unpaired) electrons. The molecule has 2 N–H and O–H groups in total. The molecule has 0 bridgehead atoms. The first-order valence-corrected chi connectivity index (χ1v) is 8.08. The molecule has 0 aliphatic carbocycles. The SMILES string of the molecule is Cc1cccc(CCNc2c(Nc3ccc(Cl)cc3)c(=O)c2=O)c1. The molecule has 0 saturated carbocycles. The zero-order valence-corrected chi connectivity index (χ0v) is 14.0. The third-order valence-electron chi connectivity index (χ3n) is 3.82. The van der Waals surface area contributed by atoms with Crippen LogP contribution in [0, 0.1) is 6.92 Å². The van der Waals surface area contributed by atoms with E-state index in [9.17, 15) is 9.59 Å². The molecular formula is C19H17ClN2O2. The Bertz CT molecular complexity index is 925. The van der Waals surface area contributed by atoms with Gasteiger partial charge >= 0.3 is 0 Å². The van der Waals surface area contributed by atoms with E-state index in [2.05, 4.69) is 16.7 Å². The van der Waals surface area contributed by atoms with Crippen LogP contribution in [-0.2, 0) is 6.42 Å². The molecule has 0 heterocycles. The van der Waals surface area contributed by atoms with Gasteiger partial charge in [0.15, 0.2) is 0 Å². The average molecular weight is 341 g/mol. The summed E-state index contributed by atoms with van der Waals surface area (Å²) in [6, 6.07) is 15.2. The fraction of sp³-hybridized carbons (Fsp3) is 0.158. The van der Waals surface area contributed by atoms with Gasteiger partial charge in [-0.2, -0.15) is 0 Å². The highest BCUT2D eigenvalue weighted by Gasteiger charge is 2.20. The largest absolute Gasteiger partial charge is 0.380 e. The quantitative estimate of drug-likeness (QED) is 0.673. The smallest absolute Gasteiger partial charge is 0.253 e. The second kappa shape index (κ2) is 6.89. The van der Waals surface area contributed by atoms with Crippen molar-refractivity contribution in [2.45, 2.75) is 13.3 Å². The van der Waals surface area contributed by atoms with E-state index >= 15 is 0 Å².